The van der Waals surface area contributed by atoms with E-state index in [9.17, 15) is 0 Å². The van der Waals surface area contributed by atoms with Gasteiger partial charge in [0, 0.05) is 12.6 Å². The second kappa shape index (κ2) is 6.05. The number of fused-ring (bicyclic) bond motifs is 1. The number of benzene rings is 1. The van der Waals surface area contributed by atoms with Crippen LogP contribution in [0.3, 0.4) is 0 Å². The summed E-state index contributed by atoms with van der Waals surface area (Å²) in [6.45, 7) is 4.69. The van der Waals surface area contributed by atoms with E-state index in [1.54, 1.807) is 12.7 Å². The van der Waals surface area contributed by atoms with Crippen molar-refractivity contribution in [2.24, 2.45) is 0 Å². The van der Waals surface area contributed by atoms with Crippen molar-refractivity contribution in [3.8, 4) is 5.75 Å². The maximum atomic E-state index is 5.64. The van der Waals surface area contributed by atoms with Gasteiger partial charge in [0.25, 0.3) is 0 Å². The van der Waals surface area contributed by atoms with E-state index < -0.39 is 0 Å². The van der Waals surface area contributed by atoms with Crippen LogP contribution in [0.2, 0.25) is 0 Å². The van der Waals surface area contributed by atoms with E-state index in [0.717, 1.165) is 38.3 Å². The minimum absolute atomic E-state index is 0.351. The lowest BCUT2D eigenvalue weighted by atomic mass is 10.0. The highest BCUT2D eigenvalue weighted by Crippen LogP contribution is 2.25. The molecular weight excluding hydrogens is 252 g/mol. The third-order valence-electron chi connectivity index (χ3n) is 3.56. The van der Waals surface area contributed by atoms with Crippen molar-refractivity contribution in [2.45, 2.75) is 38.9 Å². The summed E-state index contributed by atoms with van der Waals surface area (Å²) in [5.41, 5.74) is 2.64. The van der Waals surface area contributed by atoms with E-state index >= 15 is 0 Å². The van der Waals surface area contributed by atoms with Gasteiger partial charge in [-0.3, -0.25) is 4.68 Å². The fourth-order valence-corrected chi connectivity index (χ4v) is 2.49. The Labute approximate surface area is 119 Å². The van der Waals surface area contributed by atoms with Gasteiger partial charge in [0.1, 0.15) is 18.4 Å². The quantitative estimate of drug-likeness (QED) is 0.901. The van der Waals surface area contributed by atoms with Crippen molar-refractivity contribution in [1.29, 1.82) is 0 Å². The van der Waals surface area contributed by atoms with Gasteiger partial charge < -0.3 is 10.1 Å². The average molecular weight is 272 g/mol. The topological polar surface area (TPSA) is 52.0 Å². The molecule has 1 aromatic carbocycles. The molecule has 5 nitrogen and oxygen atoms in total. The number of ether oxygens (including phenoxy) is 1. The van der Waals surface area contributed by atoms with Gasteiger partial charge in [0.2, 0.25) is 0 Å². The van der Waals surface area contributed by atoms with Crippen molar-refractivity contribution in [2.75, 3.05) is 6.61 Å². The average Bonchev–Trinajstić information content (AvgIpc) is 2.98. The summed E-state index contributed by atoms with van der Waals surface area (Å²) in [6, 6.07) is 6.83. The molecule has 0 saturated carbocycles. The molecule has 0 saturated heterocycles. The lowest BCUT2D eigenvalue weighted by Crippen LogP contribution is -2.30. The molecule has 106 valence electrons. The number of hydrogen-bond acceptors (Lipinski definition) is 4. The first-order valence-electron chi connectivity index (χ1n) is 7.11. The Hall–Kier alpha value is -1.88. The predicted octanol–water partition coefficient (Wildman–Crippen LogP) is 1.78. The summed E-state index contributed by atoms with van der Waals surface area (Å²) < 4.78 is 7.48. The Bertz CT molecular complexity index is 553. The first-order chi connectivity index (χ1) is 9.81. The molecule has 20 heavy (non-hydrogen) atoms. The third-order valence-corrected chi connectivity index (χ3v) is 3.56. The Balaban J connectivity index is 1.55. The van der Waals surface area contributed by atoms with Gasteiger partial charge in [0.15, 0.2) is 0 Å². The number of aryl methyl sites for hydroxylation is 1. The molecule has 3 rings (SSSR count). The van der Waals surface area contributed by atoms with Gasteiger partial charge in [-0.05, 0) is 37.0 Å². The number of hydrogen-bond donors (Lipinski definition) is 1. The molecule has 0 amide bonds. The molecule has 2 aromatic rings. The molecule has 0 fully saturated rings. The summed E-state index contributed by atoms with van der Waals surface area (Å²) in [5.74, 6) is 1.05. The predicted molar refractivity (Wildman–Crippen MR) is 76.6 cm³/mol. The molecule has 0 radical (unpaired) electrons. The van der Waals surface area contributed by atoms with E-state index in [2.05, 4.69) is 40.5 Å². The van der Waals surface area contributed by atoms with E-state index in [-0.39, 0.29) is 0 Å². The fourth-order valence-electron chi connectivity index (χ4n) is 2.49. The molecule has 1 aliphatic heterocycles. The zero-order chi connectivity index (χ0) is 13.8. The van der Waals surface area contributed by atoms with Crippen molar-refractivity contribution in [1.82, 2.24) is 20.1 Å². The van der Waals surface area contributed by atoms with Gasteiger partial charge in [-0.1, -0.05) is 12.1 Å². The lowest BCUT2D eigenvalue weighted by molar-refractivity contribution is 0.288. The van der Waals surface area contributed by atoms with Crippen LogP contribution < -0.4 is 10.1 Å². The molecular formula is C15H20N4O. The molecule has 1 N–H and O–H groups in total. The third kappa shape index (κ3) is 3.17. The molecule has 1 aromatic heterocycles. The summed E-state index contributed by atoms with van der Waals surface area (Å²) in [6.07, 6.45) is 5.55. The van der Waals surface area contributed by atoms with Crippen LogP contribution in [0.1, 0.15) is 24.5 Å². The molecule has 1 unspecified atom stereocenters. The highest BCUT2D eigenvalue weighted by Gasteiger charge is 2.11. The van der Waals surface area contributed by atoms with Crippen LogP contribution in [0.4, 0.5) is 0 Å². The van der Waals surface area contributed by atoms with Gasteiger partial charge in [0.05, 0.1) is 13.2 Å². The van der Waals surface area contributed by atoms with E-state index in [1.165, 1.54) is 11.1 Å². The van der Waals surface area contributed by atoms with Crippen molar-refractivity contribution in [3.05, 3.63) is 42.0 Å². The second-order valence-corrected chi connectivity index (χ2v) is 5.29. The number of nitrogens with zero attached hydrogens (tertiary/aromatic N) is 3. The van der Waals surface area contributed by atoms with Gasteiger partial charge in [-0.15, -0.1) is 0 Å². The number of rotatable bonds is 5. The minimum atomic E-state index is 0.351. The zero-order valence-corrected chi connectivity index (χ0v) is 11.7. The fraction of sp³-hybridized carbons (Fsp3) is 0.467. The van der Waals surface area contributed by atoms with Crippen LogP contribution in [-0.4, -0.2) is 27.4 Å². The Morgan fingerprint density at radius 1 is 1.45 bits per heavy atom. The zero-order valence-electron chi connectivity index (χ0n) is 11.7. The second-order valence-electron chi connectivity index (χ2n) is 5.29. The standard InChI is InChI=1S/C15H20N4O/c1-12(9-19-11-16-10-18-19)17-8-13-4-5-15-14(7-13)3-2-6-20-15/h4-5,7,10-12,17H,2-3,6,8-9H2,1H3. The normalized spacial score (nSPS) is 15.4. The van der Waals surface area contributed by atoms with E-state index in [4.69, 9.17) is 4.74 Å². The van der Waals surface area contributed by atoms with Gasteiger partial charge in [-0.25, -0.2) is 4.98 Å². The molecule has 1 aliphatic rings. The van der Waals surface area contributed by atoms with Crippen LogP contribution in [0.5, 0.6) is 5.75 Å². The summed E-state index contributed by atoms with van der Waals surface area (Å²) in [4.78, 5) is 3.95. The molecule has 5 heteroatoms. The first-order valence-corrected chi connectivity index (χ1v) is 7.11. The van der Waals surface area contributed by atoms with Gasteiger partial charge in [-0.2, -0.15) is 5.10 Å². The van der Waals surface area contributed by atoms with Crippen LogP contribution in [0.15, 0.2) is 30.9 Å². The van der Waals surface area contributed by atoms with Crippen molar-refractivity contribution in [3.63, 3.8) is 0 Å². The van der Waals surface area contributed by atoms with Crippen LogP contribution in [0, 0.1) is 0 Å². The Morgan fingerprint density at radius 3 is 3.25 bits per heavy atom. The van der Waals surface area contributed by atoms with Crippen molar-refractivity contribution >= 4 is 0 Å². The SMILES string of the molecule is CC(Cn1cncn1)NCc1ccc2c(c1)CCCO2. The van der Waals surface area contributed by atoms with Gasteiger partial charge >= 0.3 is 0 Å². The highest BCUT2D eigenvalue weighted by molar-refractivity contribution is 5.38. The minimum Gasteiger partial charge on any atom is -0.493 e. The highest BCUT2D eigenvalue weighted by atomic mass is 16.5. The van der Waals surface area contributed by atoms with Crippen LogP contribution >= 0.6 is 0 Å². The molecule has 0 bridgehead atoms. The lowest BCUT2D eigenvalue weighted by Gasteiger charge is -2.19. The molecule has 1 atom stereocenters. The molecule has 0 spiro atoms. The summed E-state index contributed by atoms with van der Waals surface area (Å²) in [7, 11) is 0. The first kappa shape index (κ1) is 13.1. The monoisotopic (exact) mass is 272 g/mol. The van der Waals surface area contributed by atoms with E-state index in [0.29, 0.717) is 6.04 Å². The van der Waals surface area contributed by atoms with Crippen molar-refractivity contribution < 1.29 is 4.74 Å². The number of nitrogens with one attached hydrogen (secondary N) is 1. The summed E-state index contributed by atoms with van der Waals surface area (Å²) >= 11 is 0. The Kier molecular flexibility index (Phi) is 3.97. The smallest absolute Gasteiger partial charge is 0.137 e. The molecule has 0 aliphatic carbocycles. The summed E-state index contributed by atoms with van der Waals surface area (Å²) in [5, 5.41) is 7.63. The van der Waals surface area contributed by atoms with E-state index in [1.807, 2.05) is 4.68 Å². The number of aromatic nitrogens is 3. The largest absolute Gasteiger partial charge is 0.493 e. The Morgan fingerprint density at radius 2 is 2.40 bits per heavy atom. The van der Waals surface area contributed by atoms with Crippen LogP contribution in [0.25, 0.3) is 0 Å². The molecule has 2 heterocycles. The maximum Gasteiger partial charge on any atom is 0.137 e. The van der Waals surface area contributed by atoms with Crippen LogP contribution in [-0.2, 0) is 19.5 Å². The maximum absolute atomic E-state index is 5.64.